The summed E-state index contributed by atoms with van der Waals surface area (Å²) in [6.45, 7) is 3.87. The summed E-state index contributed by atoms with van der Waals surface area (Å²) < 4.78 is 5.16. The van der Waals surface area contributed by atoms with Gasteiger partial charge in [0.1, 0.15) is 11.6 Å². The number of esters is 1. The van der Waals surface area contributed by atoms with Gasteiger partial charge in [0.2, 0.25) is 5.91 Å². The first-order valence-electron chi connectivity index (χ1n) is 10.0. The van der Waals surface area contributed by atoms with Crippen LogP contribution in [0.5, 0.6) is 0 Å². The monoisotopic (exact) mass is 435 g/mol. The Labute approximate surface area is 183 Å². The summed E-state index contributed by atoms with van der Waals surface area (Å²) in [5, 5.41) is 2.75. The second kappa shape index (κ2) is 7.60. The molecule has 4 rings (SSSR count). The number of fused-ring (bicyclic) bond motifs is 2. The minimum Gasteiger partial charge on any atom is -0.454 e. The average Bonchev–Trinajstić information content (AvgIpc) is 3.02. The largest absolute Gasteiger partial charge is 0.454 e. The van der Waals surface area contributed by atoms with Gasteiger partial charge in [-0.3, -0.25) is 29.0 Å². The van der Waals surface area contributed by atoms with Crippen molar-refractivity contribution in [3.63, 3.8) is 0 Å². The molecular weight excluding hydrogens is 414 g/mol. The molecule has 164 valence electrons. The molecule has 0 spiro atoms. The van der Waals surface area contributed by atoms with Crippen molar-refractivity contribution in [2.45, 2.75) is 32.4 Å². The van der Waals surface area contributed by atoms with E-state index in [9.17, 15) is 24.0 Å². The van der Waals surface area contributed by atoms with E-state index in [0.29, 0.717) is 11.4 Å². The van der Waals surface area contributed by atoms with Gasteiger partial charge >= 0.3 is 5.97 Å². The number of hydrogen-bond donors (Lipinski definition) is 1. The van der Waals surface area contributed by atoms with Crippen molar-refractivity contribution in [3.05, 3.63) is 59.7 Å². The van der Waals surface area contributed by atoms with E-state index in [1.54, 1.807) is 50.2 Å². The molecule has 0 radical (unpaired) electrons. The molecule has 2 aliphatic rings. The van der Waals surface area contributed by atoms with Crippen molar-refractivity contribution in [3.8, 4) is 0 Å². The Kier molecular flexibility index (Phi) is 5.04. The van der Waals surface area contributed by atoms with E-state index in [4.69, 9.17) is 4.74 Å². The van der Waals surface area contributed by atoms with Crippen LogP contribution in [0, 0.1) is 0 Å². The Balaban J connectivity index is 1.49. The number of carbonyl (C=O) groups excluding carboxylic acids is 5. The van der Waals surface area contributed by atoms with E-state index in [-0.39, 0.29) is 17.0 Å². The molecule has 32 heavy (non-hydrogen) atoms. The summed E-state index contributed by atoms with van der Waals surface area (Å²) in [4.78, 5) is 65.4. The highest BCUT2D eigenvalue weighted by molar-refractivity contribution is 6.22. The molecule has 2 aromatic carbocycles. The fourth-order valence-corrected chi connectivity index (χ4v) is 3.88. The van der Waals surface area contributed by atoms with Crippen LogP contribution in [0.2, 0.25) is 0 Å². The van der Waals surface area contributed by atoms with Gasteiger partial charge in [0.25, 0.3) is 17.7 Å². The lowest BCUT2D eigenvalue weighted by atomic mass is 9.96. The third-order valence-electron chi connectivity index (χ3n) is 5.65. The maximum atomic E-state index is 13.0. The van der Waals surface area contributed by atoms with Gasteiger partial charge in [0.15, 0.2) is 6.61 Å². The van der Waals surface area contributed by atoms with E-state index in [1.807, 2.05) is 0 Å². The van der Waals surface area contributed by atoms with E-state index >= 15 is 0 Å². The van der Waals surface area contributed by atoms with E-state index < -0.39 is 41.9 Å². The molecule has 2 heterocycles. The molecule has 9 nitrogen and oxygen atoms in total. The lowest BCUT2D eigenvalue weighted by Crippen LogP contribution is -2.59. The smallest absolute Gasteiger partial charge is 0.329 e. The second-order valence-electron chi connectivity index (χ2n) is 8.07. The Morgan fingerprint density at radius 2 is 1.53 bits per heavy atom. The molecule has 0 saturated carbocycles. The van der Waals surface area contributed by atoms with Crippen molar-refractivity contribution in [1.29, 1.82) is 0 Å². The van der Waals surface area contributed by atoms with Crippen molar-refractivity contribution in [2.24, 2.45) is 0 Å². The molecule has 0 aliphatic carbocycles. The molecule has 4 amide bonds. The third-order valence-corrected chi connectivity index (χ3v) is 5.65. The van der Waals surface area contributed by atoms with Gasteiger partial charge in [-0.15, -0.1) is 0 Å². The normalized spacial score (nSPS) is 17.4. The van der Waals surface area contributed by atoms with Gasteiger partial charge < -0.3 is 10.1 Å². The Hall–Kier alpha value is -4.01. The number of nitrogens with zero attached hydrogens (tertiary/aromatic N) is 2. The number of benzene rings is 2. The summed E-state index contributed by atoms with van der Waals surface area (Å²) in [6, 6.07) is 11.9. The van der Waals surface area contributed by atoms with Gasteiger partial charge in [-0.25, -0.2) is 4.79 Å². The number of rotatable bonds is 4. The highest BCUT2D eigenvalue weighted by Crippen LogP contribution is 2.36. The lowest BCUT2D eigenvalue weighted by molar-refractivity contribution is -0.151. The highest BCUT2D eigenvalue weighted by atomic mass is 16.5. The molecule has 0 bridgehead atoms. The van der Waals surface area contributed by atoms with Crippen LogP contribution in [0.15, 0.2) is 48.5 Å². The van der Waals surface area contributed by atoms with Crippen molar-refractivity contribution < 1.29 is 28.7 Å². The Bertz CT molecular complexity index is 1140. The first-order chi connectivity index (χ1) is 15.1. The van der Waals surface area contributed by atoms with E-state index in [0.717, 1.165) is 4.90 Å². The number of anilines is 2. The maximum Gasteiger partial charge on any atom is 0.329 e. The first kappa shape index (κ1) is 21.2. The fourth-order valence-electron chi connectivity index (χ4n) is 3.88. The zero-order valence-electron chi connectivity index (χ0n) is 17.7. The molecule has 1 N–H and O–H groups in total. The SMILES string of the molecule is CC(C(=O)OCC(=O)N1c2ccccc2NC(=O)C1(C)C)N1C(=O)c2ccccc2C1=O. The molecule has 9 heteroatoms. The van der Waals surface area contributed by atoms with E-state index in [2.05, 4.69) is 5.32 Å². The Morgan fingerprint density at radius 1 is 0.969 bits per heavy atom. The maximum absolute atomic E-state index is 13.0. The van der Waals surface area contributed by atoms with Crippen molar-refractivity contribution in [1.82, 2.24) is 4.90 Å². The van der Waals surface area contributed by atoms with Gasteiger partial charge in [-0.05, 0) is 45.0 Å². The number of nitrogens with one attached hydrogen (secondary N) is 1. The van der Waals surface area contributed by atoms with Gasteiger partial charge in [-0.2, -0.15) is 0 Å². The molecular formula is C23H21N3O6. The van der Waals surface area contributed by atoms with Crippen LogP contribution >= 0.6 is 0 Å². The van der Waals surface area contributed by atoms with Gasteiger partial charge in [0.05, 0.1) is 22.5 Å². The molecule has 2 aromatic rings. The van der Waals surface area contributed by atoms with Crippen molar-refractivity contribution >= 4 is 41.0 Å². The fraction of sp³-hybridized carbons (Fsp3) is 0.261. The number of para-hydroxylation sites is 2. The van der Waals surface area contributed by atoms with Crippen LogP contribution in [0.4, 0.5) is 11.4 Å². The molecule has 1 unspecified atom stereocenters. The number of carbonyl (C=O) groups is 5. The highest BCUT2D eigenvalue weighted by Gasteiger charge is 2.45. The van der Waals surface area contributed by atoms with E-state index in [1.165, 1.54) is 24.0 Å². The molecule has 0 aromatic heterocycles. The zero-order chi connectivity index (χ0) is 23.2. The zero-order valence-corrected chi connectivity index (χ0v) is 17.7. The lowest BCUT2D eigenvalue weighted by Gasteiger charge is -2.41. The minimum atomic E-state index is -1.22. The van der Waals surface area contributed by atoms with Gasteiger partial charge in [0, 0.05) is 0 Å². The molecule has 2 aliphatic heterocycles. The predicted octanol–water partition coefficient (Wildman–Crippen LogP) is 1.98. The third kappa shape index (κ3) is 3.22. The first-order valence-corrected chi connectivity index (χ1v) is 10.0. The average molecular weight is 435 g/mol. The summed E-state index contributed by atoms with van der Waals surface area (Å²) in [7, 11) is 0. The van der Waals surface area contributed by atoms with Crippen LogP contribution in [0.1, 0.15) is 41.5 Å². The van der Waals surface area contributed by atoms with Crippen LogP contribution in [0.3, 0.4) is 0 Å². The summed E-state index contributed by atoms with van der Waals surface area (Å²) in [5.41, 5.74) is 0.158. The summed E-state index contributed by atoms with van der Waals surface area (Å²) >= 11 is 0. The summed E-state index contributed by atoms with van der Waals surface area (Å²) in [6.07, 6.45) is 0. The standard InChI is InChI=1S/C23H21N3O6/c1-13(25-19(28)14-8-4-5-9-15(14)20(25)29)21(30)32-12-18(27)26-17-11-7-6-10-16(17)24-22(31)23(26,2)3/h4-11,13H,12H2,1-3H3,(H,24,31). The van der Waals surface area contributed by atoms with Crippen LogP contribution in [0.25, 0.3) is 0 Å². The quantitative estimate of drug-likeness (QED) is 0.580. The molecule has 1 atom stereocenters. The van der Waals surface area contributed by atoms with Crippen LogP contribution in [-0.4, -0.2) is 52.7 Å². The van der Waals surface area contributed by atoms with Gasteiger partial charge in [-0.1, -0.05) is 24.3 Å². The molecule has 0 saturated heterocycles. The summed E-state index contributed by atoms with van der Waals surface area (Å²) in [5.74, 6) is -3.08. The minimum absolute atomic E-state index is 0.214. The number of hydrogen-bond acceptors (Lipinski definition) is 6. The Morgan fingerprint density at radius 3 is 2.16 bits per heavy atom. The predicted molar refractivity (Wildman–Crippen MR) is 114 cm³/mol. The van der Waals surface area contributed by atoms with Crippen molar-refractivity contribution in [2.75, 3.05) is 16.8 Å². The topological polar surface area (TPSA) is 113 Å². The van der Waals surface area contributed by atoms with Crippen LogP contribution < -0.4 is 10.2 Å². The number of ether oxygens (including phenoxy) is 1. The number of amides is 4. The second-order valence-corrected chi connectivity index (χ2v) is 8.07. The molecule has 0 fully saturated rings. The number of imide groups is 1. The van der Waals surface area contributed by atoms with Crippen LogP contribution in [-0.2, 0) is 19.1 Å².